The predicted molar refractivity (Wildman–Crippen MR) is 82.5 cm³/mol. The van der Waals surface area contributed by atoms with Gasteiger partial charge in [-0.05, 0) is 11.6 Å². The van der Waals surface area contributed by atoms with Gasteiger partial charge in [0.1, 0.15) is 0 Å². The molecule has 0 spiro atoms. The third kappa shape index (κ3) is 3.70. The van der Waals surface area contributed by atoms with Crippen LogP contribution in [0.3, 0.4) is 0 Å². The van der Waals surface area contributed by atoms with Crippen LogP contribution >= 0.6 is 0 Å². The van der Waals surface area contributed by atoms with Crippen molar-refractivity contribution in [3.8, 4) is 11.1 Å². The summed E-state index contributed by atoms with van der Waals surface area (Å²) < 4.78 is 47.4. The summed E-state index contributed by atoms with van der Waals surface area (Å²) in [5, 5.41) is 0. The van der Waals surface area contributed by atoms with Gasteiger partial charge in [0.2, 0.25) is 9.84 Å². The monoisotopic (exact) mass is 364 g/mol. The minimum absolute atomic E-state index is 0.476. The summed E-state index contributed by atoms with van der Waals surface area (Å²) in [6.07, 6.45) is 1.41. The maximum Gasteiger partial charge on any atom is 0.383 e. The maximum atomic E-state index is 11.5. The van der Waals surface area contributed by atoms with Gasteiger partial charge in [-0.1, -0.05) is 51.3 Å². The standard InChI is InChI=1S/C12H8O2S.C2N2O4S/c13-15(14)11-8-4-7-10(12(11)15)9-5-2-1-3-6-9;5-1-3-9(7,8)4-2-6/h1-8H;. The van der Waals surface area contributed by atoms with Crippen LogP contribution in [0, 0.1) is 0 Å². The van der Waals surface area contributed by atoms with Crippen LogP contribution in [0.4, 0.5) is 0 Å². The van der Waals surface area contributed by atoms with Crippen molar-refractivity contribution in [2.75, 3.05) is 0 Å². The van der Waals surface area contributed by atoms with E-state index in [2.05, 4.69) is 8.80 Å². The highest BCUT2D eigenvalue weighted by molar-refractivity contribution is 7.97. The van der Waals surface area contributed by atoms with Crippen LogP contribution in [0.2, 0.25) is 0 Å². The van der Waals surface area contributed by atoms with E-state index in [-0.39, 0.29) is 0 Å². The number of nitrogens with zero attached hydrogens (tertiary/aromatic N) is 2. The van der Waals surface area contributed by atoms with Crippen LogP contribution < -0.4 is 0 Å². The van der Waals surface area contributed by atoms with Crippen LogP contribution in [0.15, 0.2) is 67.1 Å². The Hall–Kier alpha value is -2.90. The third-order valence-corrected chi connectivity index (χ3v) is 5.19. The lowest BCUT2D eigenvalue weighted by Crippen LogP contribution is -1.86. The molecule has 0 saturated carbocycles. The summed E-state index contributed by atoms with van der Waals surface area (Å²) in [6, 6.07) is 14.8. The van der Waals surface area contributed by atoms with Gasteiger partial charge < -0.3 is 0 Å². The van der Waals surface area contributed by atoms with E-state index in [0.29, 0.717) is 22.0 Å². The molecule has 0 aliphatic carbocycles. The Morgan fingerprint density at radius 3 is 1.96 bits per heavy atom. The predicted octanol–water partition coefficient (Wildman–Crippen LogP) is 1.40. The molecule has 24 heavy (non-hydrogen) atoms. The molecule has 1 aliphatic heterocycles. The lowest BCUT2D eigenvalue weighted by atomic mass is 10.1. The Balaban J connectivity index is 0.000000202. The highest BCUT2D eigenvalue weighted by Crippen LogP contribution is 2.46. The molecule has 10 heteroatoms. The van der Waals surface area contributed by atoms with Gasteiger partial charge in [-0.2, -0.15) is 8.42 Å². The van der Waals surface area contributed by atoms with Gasteiger partial charge in [0.15, 0.2) is 0 Å². The van der Waals surface area contributed by atoms with E-state index in [0.717, 1.165) is 11.1 Å². The summed E-state index contributed by atoms with van der Waals surface area (Å²) in [4.78, 5) is 19.4. The lowest BCUT2D eigenvalue weighted by Gasteiger charge is -1.97. The van der Waals surface area contributed by atoms with Gasteiger partial charge in [0.25, 0.3) is 12.2 Å². The van der Waals surface area contributed by atoms with Gasteiger partial charge in [-0.3, -0.25) is 0 Å². The van der Waals surface area contributed by atoms with Gasteiger partial charge in [-0.25, -0.2) is 18.0 Å². The summed E-state index contributed by atoms with van der Waals surface area (Å²) >= 11 is 0. The summed E-state index contributed by atoms with van der Waals surface area (Å²) in [7, 11) is -7.33. The Labute approximate surface area is 137 Å². The fourth-order valence-electron chi connectivity index (χ4n) is 1.92. The highest BCUT2D eigenvalue weighted by atomic mass is 32.2. The van der Waals surface area contributed by atoms with Gasteiger partial charge >= 0.3 is 10.2 Å². The second kappa shape index (κ2) is 6.69. The molecule has 2 aromatic carbocycles. The molecule has 0 N–H and O–H groups in total. The van der Waals surface area contributed by atoms with Gasteiger partial charge in [0, 0.05) is 5.56 Å². The zero-order valence-corrected chi connectivity index (χ0v) is 13.4. The first-order chi connectivity index (χ1) is 11.3. The molecule has 0 fully saturated rings. The zero-order chi connectivity index (χ0) is 17.8. The number of fused-ring (bicyclic) bond motifs is 1. The number of sulfone groups is 1. The molecule has 0 radical (unpaired) electrons. The first-order valence-corrected chi connectivity index (χ1v) is 9.08. The largest absolute Gasteiger partial charge is 0.383 e. The molecule has 8 nitrogen and oxygen atoms in total. The average Bonchev–Trinajstić information content (AvgIpc) is 3.11. The normalized spacial score (nSPS) is 13.2. The molecule has 1 aliphatic rings. The summed E-state index contributed by atoms with van der Waals surface area (Å²) in [5.41, 5.74) is 1.77. The van der Waals surface area contributed by atoms with Crippen molar-refractivity contribution < 1.29 is 26.4 Å². The number of rotatable bonds is 3. The minimum atomic E-state index is -4.28. The van der Waals surface area contributed by atoms with E-state index in [9.17, 15) is 26.4 Å². The maximum absolute atomic E-state index is 11.5. The van der Waals surface area contributed by atoms with Crippen molar-refractivity contribution >= 4 is 32.2 Å². The molecule has 0 unspecified atom stereocenters. The first-order valence-electron chi connectivity index (χ1n) is 6.20. The fraction of sp³-hybridized carbons (Fsp3) is 0. The third-order valence-electron chi connectivity index (χ3n) is 2.89. The fourth-order valence-corrected chi connectivity index (χ4v) is 3.68. The smallest absolute Gasteiger partial charge is 0.218 e. The molecular formula is C14H8N2O6S2. The quantitative estimate of drug-likeness (QED) is 0.393. The Morgan fingerprint density at radius 2 is 1.42 bits per heavy atom. The van der Waals surface area contributed by atoms with Crippen LogP contribution in [0.25, 0.3) is 11.1 Å². The molecule has 2 aromatic rings. The molecule has 0 aromatic heterocycles. The van der Waals surface area contributed by atoms with E-state index in [4.69, 9.17) is 0 Å². The number of benzene rings is 2. The number of isocyanates is 2. The summed E-state index contributed by atoms with van der Waals surface area (Å²) in [6.45, 7) is 0. The molecule has 3 rings (SSSR count). The van der Waals surface area contributed by atoms with E-state index < -0.39 is 20.0 Å². The van der Waals surface area contributed by atoms with Crippen molar-refractivity contribution in [1.29, 1.82) is 0 Å². The SMILES string of the molecule is O=C=NS(=O)(=O)N=C=O.O=S1(=O)c2cccc(-c3ccccc3)c21. The second-order valence-corrected chi connectivity index (χ2v) is 7.43. The second-order valence-electron chi connectivity index (χ2n) is 4.32. The highest BCUT2D eigenvalue weighted by Gasteiger charge is 2.41. The van der Waals surface area contributed by atoms with E-state index in [1.54, 1.807) is 12.1 Å². The minimum Gasteiger partial charge on any atom is -0.218 e. The number of hydrogen-bond donors (Lipinski definition) is 0. The van der Waals surface area contributed by atoms with Crippen molar-refractivity contribution in [2.45, 2.75) is 9.79 Å². The van der Waals surface area contributed by atoms with Crippen molar-refractivity contribution in [3.63, 3.8) is 0 Å². The Bertz CT molecular complexity index is 1060. The number of carbonyl (C=O) groups excluding carboxylic acids is 2. The molecule has 0 amide bonds. The topological polar surface area (TPSA) is 127 Å². The van der Waals surface area contributed by atoms with Gasteiger partial charge in [0.05, 0.1) is 9.79 Å². The Kier molecular flexibility index (Phi) is 4.87. The summed E-state index contributed by atoms with van der Waals surface area (Å²) in [5.74, 6) is 0. The average molecular weight is 364 g/mol. The molecule has 1 heterocycles. The zero-order valence-electron chi connectivity index (χ0n) is 11.8. The molecule has 0 atom stereocenters. The van der Waals surface area contributed by atoms with Gasteiger partial charge in [-0.15, -0.1) is 0 Å². The van der Waals surface area contributed by atoms with E-state index >= 15 is 0 Å². The van der Waals surface area contributed by atoms with Crippen molar-refractivity contribution in [1.82, 2.24) is 0 Å². The van der Waals surface area contributed by atoms with E-state index in [1.165, 1.54) is 0 Å². The van der Waals surface area contributed by atoms with Crippen LogP contribution in [0.1, 0.15) is 0 Å². The van der Waals surface area contributed by atoms with Crippen LogP contribution in [0.5, 0.6) is 0 Å². The molecule has 0 saturated heterocycles. The van der Waals surface area contributed by atoms with Crippen molar-refractivity contribution in [2.24, 2.45) is 8.80 Å². The lowest BCUT2D eigenvalue weighted by molar-refractivity contribution is 0.561. The van der Waals surface area contributed by atoms with Crippen molar-refractivity contribution in [3.05, 3.63) is 48.5 Å². The van der Waals surface area contributed by atoms with Crippen LogP contribution in [-0.4, -0.2) is 29.0 Å². The van der Waals surface area contributed by atoms with Crippen LogP contribution in [-0.2, 0) is 29.6 Å². The molecule has 122 valence electrons. The Morgan fingerprint density at radius 1 is 0.833 bits per heavy atom. The molecule has 0 bridgehead atoms. The first kappa shape index (κ1) is 17.5. The van der Waals surface area contributed by atoms with E-state index in [1.807, 2.05) is 36.4 Å². The number of hydrogen-bond acceptors (Lipinski definition) is 6. The molecular weight excluding hydrogens is 356 g/mol.